The molecule has 304 valence electrons. The van der Waals surface area contributed by atoms with Gasteiger partial charge in [-0.05, 0) is 120 Å². The highest BCUT2D eigenvalue weighted by molar-refractivity contribution is 6.02. The number of anilines is 3. The molecule has 1 aliphatic carbocycles. The second-order valence-corrected chi connectivity index (χ2v) is 17.3. The summed E-state index contributed by atoms with van der Waals surface area (Å²) in [5, 5.41) is 0. The van der Waals surface area contributed by atoms with Crippen LogP contribution >= 0.6 is 0 Å². The molecule has 0 spiro atoms. The van der Waals surface area contributed by atoms with Crippen LogP contribution in [0, 0.1) is 0 Å². The van der Waals surface area contributed by atoms with Crippen molar-refractivity contribution in [1.82, 2.24) is 0 Å². The zero-order valence-corrected chi connectivity index (χ0v) is 36.1. The quantitative estimate of drug-likeness (QED) is 0.140. The van der Waals surface area contributed by atoms with Crippen molar-refractivity contribution >= 4 is 17.1 Å². The van der Waals surface area contributed by atoms with Gasteiger partial charge in [0.2, 0.25) is 0 Å². The van der Waals surface area contributed by atoms with Gasteiger partial charge in [-0.1, -0.05) is 226 Å². The van der Waals surface area contributed by atoms with Crippen molar-refractivity contribution in [3.63, 3.8) is 0 Å². The van der Waals surface area contributed by atoms with Gasteiger partial charge >= 0.3 is 0 Å². The normalized spacial score (nSPS) is 12.3. The Labute approximate surface area is 377 Å². The van der Waals surface area contributed by atoms with Crippen molar-refractivity contribution in [3.05, 3.63) is 260 Å². The summed E-state index contributed by atoms with van der Waals surface area (Å²) >= 11 is 0. The highest BCUT2D eigenvalue weighted by Crippen LogP contribution is 2.54. The van der Waals surface area contributed by atoms with Crippen molar-refractivity contribution in [1.29, 1.82) is 0 Å². The van der Waals surface area contributed by atoms with E-state index in [1.807, 2.05) is 0 Å². The first-order valence-electron chi connectivity index (χ1n) is 22.3. The predicted octanol–water partition coefficient (Wildman–Crippen LogP) is 17.5. The Morgan fingerprint density at radius 1 is 0.266 bits per heavy atom. The number of benzene rings is 10. The fraction of sp³-hybridized carbons (Fsp3) is 0.0476. The van der Waals surface area contributed by atoms with Crippen LogP contribution in [0.25, 0.3) is 77.9 Å². The van der Waals surface area contributed by atoms with Crippen LogP contribution in [-0.4, -0.2) is 0 Å². The molecule has 10 aromatic rings. The van der Waals surface area contributed by atoms with Gasteiger partial charge in [-0.15, -0.1) is 0 Å². The van der Waals surface area contributed by atoms with E-state index in [0.29, 0.717) is 0 Å². The van der Waals surface area contributed by atoms with E-state index >= 15 is 0 Å². The lowest BCUT2D eigenvalue weighted by molar-refractivity contribution is 0.660. The van der Waals surface area contributed by atoms with E-state index in [1.165, 1.54) is 83.5 Å². The smallest absolute Gasteiger partial charge is 0.0546 e. The largest absolute Gasteiger partial charge is 0.310 e. The van der Waals surface area contributed by atoms with Gasteiger partial charge in [0.15, 0.2) is 0 Å². The third-order valence-electron chi connectivity index (χ3n) is 13.1. The zero-order chi connectivity index (χ0) is 43.0. The fourth-order valence-corrected chi connectivity index (χ4v) is 9.97. The average molecular weight is 818 g/mol. The molecule has 0 N–H and O–H groups in total. The molecule has 1 heteroatoms. The standard InChI is InChI=1S/C63H47N/c1-63(2)58-33-16-15-30-56(58)62-55(31-18-34-59(62)63)54-32-19-35-60(61(54)48-26-13-6-14-27-48)64(52-29-17-28-49(42-52)44-20-7-3-8-21-44)51-39-36-45(37-40-51)50-38-41-53(46-22-9-4-10-23-46)57(43-50)47-24-11-5-12-25-47/h3-43H,1-2H3. The van der Waals surface area contributed by atoms with E-state index in [1.54, 1.807) is 0 Å². The lowest BCUT2D eigenvalue weighted by Crippen LogP contribution is -2.14. The summed E-state index contributed by atoms with van der Waals surface area (Å²) in [6, 6.07) is 90.8. The van der Waals surface area contributed by atoms with E-state index in [-0.39, 0.29) is 5.41 Å². The van der Waals surface area contributed by atoms with Gasteiger partial charge < -0.3 is 4.90 Å². The number of hydrogen-bond acceptors (Lipinski definition) is 1. The molecule has 1 nitrogen and oxygen atoms in total. The first-order chi connectivity index (χ1) is 31.5. The molecule has 0 aliphatic heterocycles. The molecule has 0 saturated carbocycles. The zero-order valence-electron chi connectivity index (χ0n) is 36.1. The van der Waals surface area contributed by atoms with Crippen LogP contribution in [0.4, 0.5) is 17.1 Å². The van der Waals surface area contributed by atoms with Crippen molar-refractivity contribution in [2.75, 3.05) is 4.90 Å². The molecule has 0 radical (unpaired) electrons. The van der Waals surface area contributed by atoms with Crippen LogP contribution in [0.3, 0.4) is 0 Å². The van der Waals surface area contributed by atoms with E-state index in [9.17, 15) is 0 Å². The second-order valence-electron chi connectivity index (χ2n) is 17.3. The lowest BCUT2D eigenvalue weighted by atomic mass is 9.81. The van der Waals surface area contributed by atoms with Gasteiger partial charge in [0.05, 0.1) is 5.69 Å². The summed E-state index contributed by atoms with van der Waals surface area (Å²) in [5.74, 6) is 0. The average Bonchev–Trinajstić information content (AvgIpc) is 3.61. The van der Waals surface area contributed by atoms with Crippen LogP contribution in [0.2, 0.25) is 0 Å². The van der Waals surface area contributed by atoms with Gasteiger partial charge in [0, 0.05) is 22.4 Å². The topological polar surface area (TPSA) is 3.24 Å². The van der Waals surface area contributed by atoms with Crippen LogP contribution in [0.1, 0.15) is 25.0 Å². The third-order valence-corrected chi connectivity index (χ3v) is 13.1. The molecule has 0 heterocycles. The molecule has 1 aliphatic rings. The summed E-state index contributed by atoms with van der Waals surface area (Å²) < 4.78 is 0. The lowest BCUT2D eigenvalue weighted by Gasteiger charge is -2.30. The van der Waals surface area contributed by atoms with Crippen LogP contribution in [-0.2, 0) is 5.41 Å². The summed E-state index contributed by atoms with van der Waals surface area (Å²) in [6.07, 6.45) is 0. The minimum atomic E-state index is -0.109. The molecule has 0 amide bonds. The molecule has 10 aromatic carbocycles. The maximum Gasteiger partial charge on any atom is 0.0546 e. The first-order valence-corrected chi connectivity index (χ1v) is 22.3. The predicted molar refractivity (Wildman–Crippen MR) is 271 cm³/mol. The van der Waals surface area contributed by atoms with Crippen LogP contribution in [0.5, 0.6) is 0 Å². The molecule has 0 saturated heterocycles. The van der Waals surface area contributed by atoms with Crippen LogP contribution in [0.15, 0.2) is 249 Å². The maximum atomic E-state index is 2.46. The van der Waals surface area contributed by atoms with Gasteiger partial charge in [-0.3, -0.25) is 0 Å². The molecule has 0 unspecified atom stereocenters. The monoisotopic (exact) mass is 817 g/mol. The fourth-order valence-electron chi connectivity index (χ4n) is 9.97. The van der Waals surface area contributed by atoms with Crippen molar-refractivity contribution < 1.29 is 0 Å². The maximum absolute atomic E-state index is 2.46. The van der Waals surface area contributed by atoms with E-state index in [0.717, 1.165) is 22.6 Å². The molecule has 0 atom stereocenters. The Hall–Kier alpha value is -8.00. The third kappa shape index (κ3) is 6.93. The second kappa shape index (κ2) is 16.4. The Bertz CT molecular complexity index is 3260. The molecule has 11 rings (SSSR count). The Balaban J connectivity index is 1.11. The number of fused-ring (bicyclic) bond motifs is 3. The highest BCUT2D eigenvalue weighted by Gasteiger charge is 2.37. The molecule has 0 fully saturated rings. The van der Waals surface area contributed by atoms with E-state index < -0.39 is 0 Å². The Morgan fingerprint density at radius 2 is 0.734 bits per heavy atom. The first kappa shape index (κ1) is 38.9. The SMILES string of the molecule is CC1(C)c2ccccc2-c2c(-c3cccc(N(c4ccc(-c5ccc(-c6ccccc6)c(-c6ccccc6)c5)cc4)c4cccc(-c5ccccc5)c4)c3-c3ccccc3)cccc21. The van der Waals surface area contributed by atoms with E-state index in [2.05, 4.69) is 267 Å². The highest BCUT2D eigenvalue weighted by atomic mass is 15.1. The van der Waals surface area contributed by atoms with Gasteiger partial charge in [-0.2, -0.15) is 0 Å². The minimum absolute atomic E-state index is 0.109. The molecule has 0 bridgehead atoms. The van der Waals surface area contributed by atoms with E-state index in [4.69, 9.17) is 0 Å². The Morgan fingerprint density at radius 3 is 1.42 bits per heavy atom. The Kier molecular flexibility index (Phi) is 9.94. The number of rotatable bonds is 9. The molecular formula is C63H47N. The van der Waals surface area contributed by atoms with Gasteiger partial charge in [0.25, 0.3) is 0 Å². The van der Waals surface area contributed by atoms with Crippen molar-refractivity contribution in [3.8, 4) is 77.9 Å². The number of hydrogen-bond donors (Lipinski definition) is 0. The summed E-state index contributed by atoms with van der Waals surface area (Å²) in [5.41, 5.74) is 22.9. The summed E-state index contributed by atoms with van der Waals surface area (Å²) in [6.45, 7) is 4.72. The van der Waals surface area contributed by atoms with Gasteiger partial charge in [0.1, 0.15) is 0 Å². The van der Waals surface area contributed by atoms with Crippen molar-refractivity contribution in [2.45, 2.75) is 19.3 Å². The molecule has 64 heavy (non-hydrogen) atoms. The van der Waals surface area contributed by atoms with Crippen LogP contribution < -0.4 is 4.90 Å². The summed E-state index contributed by atoms with van der Waals surface area (Å²) in [4.78, 5) is 2.46. The number of nitrogens with zero attached hydrogens (tertiary/aromatic N) is 1. The molecule has 0 aromatic heterocycles. The van der Waals surface area contributed by atoms with Crippen molar-refractivity contribution in [2.24, 2.45) is 0 Å². The minimum Gasteiger partial charge on any atom is -0.310 e. The van der Waals surface area contributed by atoms with Gasteiger partial charge in [-0.25, -0.2) is 0 Å². The summed E-state index contributed by atoms with van der Waals surface area (Å²) in [7, 11) is 0. The molecular weight excluding hydrogens is 771 g/mol.